The van der Waals surface area contributed by atoms with Crippen LogP contribution in [0.15, 0.2) is 66.7 Å². The molecule has 0 spiro atoms. The van der Waals surface area contributed by atoms with Gasteiger partial charge in [0.25, 0.3) is 0 Å². The quantitative estimate of drug-likeness (QED) is 0.300. The summed E-state index contributed by atoms with van der Waals surface area (Å²) in [5.74, 6) is 1.87. The Morgan fingerprint density at radius 2 is 1.76 bits per heavy atom. The van der Waals surface area contributed by atoms with Gasteiger partial charge in [0.2, 0.25) is 5.91 Å². The van der Waals surface area contributed by atoms with Gasteiger partial charge in [0.15, 0.2) is 0 Å². The number of imidazole rings is 1. The zero-order chi connectivity index (χ0) is 23.9. The lowest BCUT2D eigenvalue weighted by Gasteiger charge is -2.12. The van der Waals surface area contributed by atoms with E-state index in [4.69, 9.17) is 21.3 Å². The van der Waals surface area contributed by atoms with Crippen molar-refractivity contribution in [1.82, 2.24) is 14.9 Å². The summed E-state index contributed by atoms with van der Waals surface area (Å²) >= 11 is 6.16. The lowest BCUT2D eigenvalue weighted by molar-refractivity contribution is -0.120. The fourth-order valence-corrected chi connectivity index (χ4v) is 4.39. The average molecular weight is 476 g/mol. The van der Waals surface area contributed by atoms with Crippen LogP contribution < -0.4 is 10.1 Å². The second-order valence-electron chi connectivity index (χ2n) is 8.56. The molecule has 0 radical (unpaired) electrons. The first-order chi connectivity index (χ1) is 16.5. The number of nitrogens with zero attached hydrogens (tertiary/aromatic N) is 2. The third-order valence-electron chi connectivity index (χ3n) is 5.72. The van der Waals surface area contributed by atoms with Crippen molar-refractivity contribution in [1.29, 1.82) is 0 Å². The maximum Gasteiger partial charge on any atom is 0.224 e. The average Bonchev–Trinajstić information content (AvgIpc) is 3.15. The molecule has 0 aliphatic rings. The molecule has 176 valence electrons. The van der Waals surface area contributed by atoms with Gasteiger partial charge in [0, 0.05) is 18.0 Å². The Balaban J connectivity index is 1.34. The van der Waals surface area contributed by atoms with E-state index < -0.39 is 0 Å². The molecule has 0 bridgehead atoms. The van der Waals surface area contributed by atoms with Crippen LogP contribution in [0.1, 0.15) is 28.9 Å². The predicted molar refractivity (Wildman–Crippen MR) is 138 cm³/mol. The van der Waals surface area contributed by atoms with Crippen LogP contribution in [0, 0.1) is 13.8 Å². The molecule has 0 atom stereocenters. The van der Waals surface area contributed by atoms with Crippen molar-refractivity contribution in [3.8, 4) is 5.75 Å². The first-order valence-electron chi connectivity index (χ1n) is 11.6. The van der Waals surface area contributed by atoms with Crippen LogP contribution in [0.3, 0.4) is 0 Å². The molecule has 1 heterocycles. The Kier molecular flexibility index (Phi) is 7.86. The SMILES string of the molecule is Cc1cc(C)cc(OCCn2c(CCCNC(=O)Cc3ccccc3Cl)nc3ccccc32)c1. The summed E-state index contributed by atoms with van der Waals surface area (Å²) in [5, 5.41) is 3.62. The summed E-state index contributed by atoms with van der Waals surface area (Å²) in [4.78, 5) is 17.1. The Hall–Kier alpha value is -3.31. The van der Waals surface area contributed by atoms with Gasteiger partial charge in [-0.05, 0) is 67.3 Å². The highest BCUT2D eigenvalue weighted by Gasteiger charge is 2.11. The van der Waals surface area contributed by atoms with Crippen LogP contribution in [-0.4, -0.2) is 28.6 Å². The zero-order valence-electron chi connectivity index (χ0n) is 19.7. The maximum absolute atomic E-state index is 12.3. The van der Waals surface area contributed by atoms with Crippen molar-refractivity contribution < 1.29 is 9.53 Å². The number of benzene rings is 3. The van der Waals surface area contributed by atoms with E-state index >= 15 is 0 Å². The highest BCUT2D eigenvalue weighted by atomic mass is 35.5. The van der Waals surface area contributed by atoms with Crippen molar-refractivity contribution in [2.45, 2.75) is 39.7 Å². The lowest BCUT2D eigenvalue weighted by atomic mass is 10.1. The highest BCUT2D eigenvalue weighted by Crippen LogP contribution is 2.19. The van der Waals surface area contributed by atoms with Gasteiger partial charge >= 0.3 is 0 Å². The molecule has 0 aliphatic carbocycles. The molecule has 4 aromatic rings. The van der Waals surface area contributed by atoms with Crippen LogP contribution in [0.25, 0.3) is 11.0 Å². The molecular weight excluding hydrogens is 446 g/mol. The van der Waals surface area contributed by atoms with Gasteiger partial charge in [0.05, 0.1) is 24.0 Å². The fourth-order valence-electron chi connectivity index (χ4n) is 4.19. The van der Waals surface area contributed by atoms with Crippen molar-refractivity contribution in [2.75, 3.05) is 13.2 Å². The number of aryl methyl sites for hydroxylation is 3. The van der Waals surface area contributed by atoms with E-state index in [1.54, 1.807) is 6.07 Å². The molecule has 0 unspecified atom stereocenters. The summed E-state index contributed by atoms with van der Waals surface area (Å²) in [6.07, 6.45) is 1.86. The first kappa shape index (κ1) is 23.8. The molecule has 4 rings (SSSR count). The summed E-state index contributed by atoms with van der Waals surface area (Å²) < 4.78 is 8.28. The normalized spacial score (nSPS) is 11.0. The first-order valence-corrected chi connectivity index (χ1v) is 12.0. The highest BCUT2D eigenvalue weighted by molar-refractivity contribution is 6.31. The summed E-state index contributed by atoms with van der Waals surface area (Å²) in [5.41, 5.74) is 5.31. The number of halogens is 1. The Labute approximate surface area is 205 Å². The smallest absolute Gasteiger partial charge is 0.224 e. The molecule has 1 N–H and O–H groups in total. The molecular formula is C28H30ClN3O2. The van der Waals surface area contributed by atoms with Gasteiger partial charge in [0.1, 0.15) is 18.2 Å². The van der Waals surface area contributed by atoms with E-state index in [-0.39, 0.29) is 12.3 Å². The van der Waals surface area contributed by atoms with E-state index in [0.29, 0.717) is 24.7 Å². The minimum Gasteiger partial charge on any atom is -0.492 e. The van der Waals surface area contributed by atoms with Gasteiger partial charge in [-0.25, -0.2) is 4.98 Å². The summed E-state index contributed by atoms with van der Waals surface area (Å²) in [7, 11) is 0. The third kappa shape index (κ3) is 6.17. The minimum absolute atomic E-state index is 0.0246. The standard InChI is InChI=1S/C28H30ClN3O2/c1-20-16-21(2)18-23(17-20)34-15-14-32-26-11-6-5-10-25(26)31-27(32)12-7-13-30-28(33)19-22-8-3-4-9-24(22)29/h3-6,8-11,16-18H,7,12-15,19H2,1-2H3,(H,30,33). The van der Waals surface area contributed by atoms with Crippen LogP contribution in [0.2, 0.25) is 5.02 Å². The Bertz CT molecular complexity index is 1260. The molecule has 0 saturated carbocycles. The number of nitrogens with one attached hydrogen (secondary N) is 1. The molecule has 6 heteroatoms. The number of fused-ring (bicyclic) bond motifs is 1. The van der Waals surface area contributed by atoms with Crippen molar-refractivity contribution in [3.05, 3.63) is 94.3 Å². The van der Waals surface area contributed by atoms with Crippen LogP contribution in [-0.2, 0) is 24.2 Å². The van der Waals surface area contributed by atoms with Gasteiger partial charge in [-0.3, -0.25) is 4.79 Å². The second-order valence-corrected chi connectivity index (χ2v) is 8.97. The maximum atomic E-state index is 12.3. The predicted octanol–water partition coefficient (Wildman–Crippen LogP) is 5.68. The Morgan fingerprint density at radius 3 is 2.56 bits per heavy atom. The number of carbonyl (C=O) groups is 1. The monoisotopic (exact) mass is 475 g/mol. The third-order valence-corrected chi connectivity index (χ3v) is 6.09. The molecule has 1 aromatic heterocycles. The molecule has 1 amide bonds. The van der Waals surface area contributed by atoms with Gasteiger partial charge in [-0.1, -0.05) is 48.0 Å². The molecule has 0 saturated heterocycles. The number of para-hydroxylation sites is 2. The molecule has 5 nitrogen and oxygen atoms in total. The largest absolute Gasteiger partial charge is 0.492 e. The number of carbonyl (C=O) groups excluding carboxylic acids is 1. The van der Waals surface area contributed by atoms with E-state index in [9.17, 15) is 4.79 Å². The number of hydrogen-bond donors (Lipinski definition) is 1. The van der Waals surface area contributed by atoms with Crippen LogP contribution in [0.4, 0.5) is 0 Å². The van der Waals surface area contributed by atoms with Crippen molar-refractivity contribution in [3.63, 3.8) is 0 Å². The van der Waals surface area contributed by atoms with E-state index in [1.165, 1.54) is 11.1 Å². The molecule has 3 aromatic carbocycles. The molecule has 34 heavy (non-hydrogen) atoms. The summed E-state index contributed by atoms with van der Waals surface area (Å²) in [6, 6.07) is 21.9. The second kappa shape index (κ2) is 11.2. The van der Waals surface area contributed by atoms with E-state index in [0.717, 1.165) is 41.0 Å². The molecule has 0 fully saturated rings. The van der Waals surface area contributed by atoms with Crippen LogP contribution in [0.5, 0.6) is 5.75 Å². The molecule has 0 aliphatic heterocycles. The Morgan fingerprint density at radius 1 is 1.03 bits per heavy atom. The van der Waals surface area contributed by atoms with Gasteiger partial charge < -0.3 is 14.6 Å². The van der Waals surface area contributed by atoms with Gasteiger partial charge in [-0.2, -0.15) is 0 Å². The lowest BCUT2D eigenvalue weighted by Crippen LogP contribution is -2.26. The number of rotatable bonds is 10. The fraction of sp³-hybridized carbons (Fsp3) is 0.286. The zero-order valence-corrected chi connectivity index (χ0v) is 20.4. The van der Waals surface area contributed by atoms with Crippen LogP contribution >= 0.6 is 11.6 Å². The number of ether oxygens (including phenoxy) is 1. The summed E-state index contributed by atoms with van der Waals surface area (Å²) in [6.45, 7) is 6.02. The van der Waals surface area contributed by atoms with Gasteiger partial charge in [-0.15, -0.1) is 0 Å². The number of hydrogen-bond acceptors (Lipinski definition) is 3. The van der Waals surface area contributed by atoms with E-state index in [2.05, 4.69) is 48.0 Å². The van der Waals surface area contributed by atoms with Crippen molar-refractivity contribution >= 4 is 28.5 Å². The topological polar surface area (TPSA) is 56.1 Å². The van der Waals surface area contributed by atoms with E-state index in [1.807, 2.05) is 36.4 Å². The van der Waals surface area contributed by atoms with Crippen molar-refractivity contribution in [2.24, 2.45) is 0 Å². The number of aromatic nitrogens is 2. The number of amides is 1. The minimum atomic E-state index is -0.0246.